The van der Waals surface area contributed by atoms with Gasteiger partial charge in [-0.15, -0.1) is 0 Å². The van der Waals surface area contributed by atoms with Gasteiger partial charge in [0.15, 0.2) is 0 Å². The fourth-order valence-corrected chi connectivity index (χ4v) is 3.73. The first-order valence-corrected chi connectivity index (χ1v) is 7.85. The molecule has 1 fully saturated rings. The van der Waals surface area contributed by atoms with Crippen LogP contribution in [0, 0.1) is 5.41 Å². The second-order valence-corrected chi connectivity index (χ2v) is 7.66. The fourth-order valence-electron chi connectivity index (χ4n) is 2.23. The lowest BCUT2D eigenvalue weighted by atomic mass is 9.89. The zero-order chi connectivity index (χ0) is 12.0. The third-order valence-electron chi connectivity index (χ3n) is 3.49. The molecular formula is C14H29NS. The highest BCUT2D eigenvalue weighted by Gasteiger charge is 2.18. The van der Waals surface area contributed by atoms with Gasteiger partial charge in [0.1, 0.15) is 0 Å². The van der Waals surface area contributed by atoms with Gasteiger partial charge in [-0.05, 0) is 38.1 Å². The van der Waals surface area contributed by atoms with Crippen LogP contribution in [0.25, 0.3) is 0 Å². The molecule has 0 spiro atoms. The van der Waals surface area contributed by atoms with E-state index in [2.05, 4.69) is 44.9 Å². The van der Waals surface area contributed by atoms with E-state index in [1.165, 1.54) is 44.3 Å². The summed E-state index contributed by atoms with van der Waals surface area (Å²) in [6, 6.07) is 0.713. The topological polar surface area (TPSA) is 12.0 Å². The molecule has 1 saturated carbocycles. The number of thioether (sulfide) groups is 1. The number of nitrogens with one attached hydrogen (secondary N) is 1. The summed E-state index contributed by atoms with van der Waals surface area (Å²) in [5.41, 5.74) is 0.479. The van der Waals surface area contributed by atoms with Crippen LogP contribution >= 0.6 is 11.8 Å². The molecule has 0 aromatic heterocycles. The number of hydrogen-bond donors (Lipinski definition) is 1. The normalized spacial score (nSPS) is 20.2. The van der Waals surface area contributed by atoms with Crippen LogP contribution in [-0.2, 0) is 0 Å². The van der Waals surface area contributed by atoms with Crippen LogP contribution in [0.2, 0.25) is 0 Å². The van der Waals surface area contributed by atoms with E-state index in [4.69, 9.17) is 0 Å². The number of hydrogen-bond acceptors (Lipinski definition) is 2. The molecule has 0 radical (unpaired) electrons. The van der Waals surface area contributed by atoms with E-state index in [0.717, 1.165) is 5.25 Å². The lowest BCUT2D eigenvalue weighted by molar-refractivity contribution is 0.343. The van der Waals surface area contributed by atoms with Crippen molar-refractivity contribution in [3.63, 3.8) is 0 Å². The number of rotatable bonds is 6. The maximum Gasteiger partial charge on any atom is 0.0155 e. The lowest BCUT2D eigenvalue weighted by Crippen LogP contribution is -2.29. The SMILES string of the molecule is CNC(CCC(C)(C)C)CSC1CCCC1. The van der Waals surface area contributed by atoms with Crippen LogP contribution < -0.4 is 5.32 Å². The average molecular weight is 243 g/mol. The van der Waals surface area contributed by atoms with Crippen molar-refractivity contribution in [2.24, 2.45) is 5.41 Å². The predicted molar refractivity (Wildman–Crippen MR) is 76.3 cm³/mol. The molecule has 1 atom stereocenters. The average Bonchev–Trinajstić information content (AvgIpc) is 2.69. The van der Waals surface area contributed by atoms with Gasteiger partial charge in [0.25, 0.3) is 0 Å². The van der Waals surface area contributed by atoms with Crippen molar-refractivity contribution in [1.82, 2.24) is 5.32 Å². The second kappa shape index (κ2) is 6.90. The Morgan fingerprint density at radius 1 is 1.25 bits per heavy atom. The molecule has 0 heterocycles. The van der Waals surface area contributed by atoms with Crippen molar-refractivity contribution < 1.29 is 0 Å². The Bertz CT molecular complexity index is 180. The van der Waals surface area contributed by atoms with Gasteiger partial charge in [-0.2, -0.15) is 11.8 Å². The van der Waals surface area contributed by atoms with Crippen molar-refractivity contribution in [1.29, 1.82) is 0 Å². The molecule has 1 N–H and O–H groups in total. The first-order valence-electron chi connectivity index (χ1n) is 6.80. The van der Waals surface area contributed by atoms with Gasteiger partial charge in [0, 0.05) is 17.0 Å². The fraction of sp³-hybridized carbons (Fsp3) is 1.00. The zero-order valence-corrected chi connectivity index (χ0v) is 12.3. The molecule has 0 saturated heterocycles. The molecule has 1 unspecified atom stereocenters. The molecule has 1 aliphatic carbocycles. The van der Waals surface area contributed by atoms with E-state index in [-0.39, 0.29) is 0 Å². The van der Waals surface area contributed by atoms with Crippen molar-refractivity contribution >= 4 is 11.8 Å². The molecule has 1 nitrogen and oxygen atoms in total. The summed E-state index contributed by atoms with van der Waals surface area (Å²) < 4.78 is 0. The van der Waals surface area contributed by atoms with Gasteiger partial charge in [-0.25, -0.2) is 0 Å². The van der Waals surface area contributed by atoms with Crippen LogP contribution in [-0.4, -0.2) is 24.1 Å². The minimum atomic E-state index is 0.479. The second-order valence-electron chi connectivity index (χ2n) is 6.32. The van der Waals surface area contributed by atoms with E-state index >= 15 is 0 Å². The van der Waals surface area contributed by atoms with Gasteiger partial charge in [-0.3, -0.25) is 0 Å². The first kappa shape index (κ1) is 14.4. The van der Waals surface area contributed by atoms with Gasteiger partial charge in [0.05, 0.1) is 0 Å². The Kier molecular flexibility index (Phi) is 6.20. The van der Waals surface area contributed by atoms with Gasteiger partial charge >= 0.3 is 0 Å². The quantitative estimate of drug-likeness (QED) is 0.754. The highest BCUT2D eigenvalue weighted by atomic mass is 32.2. The summed E-state index contributed by atoms with van der Waals surface area (Å²) in [6.07, 6.45) is 8.48. The molecule has 0 amide bonds. The summed E-state index contributed by atoms with van der Waals surface area (Å²) >= 11 is 2.20. The molecular weight excluding hydrogens is 214 g/mol. The lowest BCUT2D eigenvalue weighted by Gasteiger charge is -2.23. The Balaban J connectivity index is 2.15. The Morgan fingerprint density at radius 2 is 1.88 bits per heavy atom. The van der Waals surface area contributed by atoms with Crippen LogP contribution in [0.3, 0.4) is 0 Å². The molecule has 1 aliphatic rings. The Morgan fingerprint density at radius 3 is 2.38 bits per heavy atom. The molecule has 2 heteroatoms. The van der Waals surface area contributed by atoms with Crippen LogP contribution in [0.4, 0.5) is 0 Å². The van der Waals surface area contributed by atoms with Crippen LogP contribution in [0.1, 0.15) is 59.3 Å². The summed E-state index contributed by atoms with van der Waals surface area (Å²) in [5, 5.41) is 4.44. The minimum Gasteiger partial charge on any atom is -0.316 e. The van der Waals surface area contributed by atoms with E-state index in [9.17, 15) is 0 Å². The third kappa shape index (κ3) is 6.15. The summed E-state index contributed by atoms with van der Waals surface area (Å²) in [7, 11) is 2.11. The molecule has 0 aromatic rings. The third-order valence-corrected chi connectivity index (χ3v) is 5.02. The molecule has 0 bridgehead atoms. The van der Waals surface area contributed by atoms with Crippen LogP contribution in [0.5, 0.6) is 0 Å². The van der Waals surface area contributed by atoms with E-state index in [1.54, 1.807) is 0 Å². The van der Waals surface area contributed by atoms with E-state index in [0.29, 0.717) is 11.5 Å². The van der Waals surface area contributed by atoms with Crippen molar-refractivity contribution in [2.75, 3.05) is 12.8 Å². The maximum absolute atomic E-state index is 3.48. The Hall–Kier alpha value is 0.310. The van der Waals surface area contributed by atoms with Gasteiger partial charge < -0.3 is 5.32 Å². The Labute approximate surface area is 106 Å². The maximum atomic E-state index is 3.48. The smallest absolute Gasteiger partial charge is 0.0155 e. The molecule has 96 valence electrons. The van der Waals surface area contributed by atoms with E-state index < -0.39 is 0 Å². The summed E-state index contributed by atoms with van der Waals surface area (Å²) in [6.45, 7) is 7.01. The summed E-state index contributed by atoms with van der Waals surface area (Å²) in [4.78, 5) is 0. The minimum absolute atomic E-state index is 0.479. The summed E-state index contributed by atoms with van der Waals surface area (Å²) in [5.74, 6) is 1.30. The zero-order valence-electron chi connectivity index (χ0n) is 11.5. The molecule has 0 aromatic carbocycles. The van der Waals surface area contributed by atoms with Gasteiger partial charge in [0.2, 0.25) is 0 Å². The van der Waals surface area contributed by atoms with Gasteiger partial charge in [-0.1, -0.05) is 33.6 Å². The highest BCUT2D eigenvalue weighted by molar-refractivity contribution is 7.99. The molecule has 1 rings (SSSR count). The standard InChI is InChI=1S/C14H29NS/c1-14(2,3)10-9-12(15-4)11-16-13-7-5-6-8-13/h12-13,15H,5-11H2,1-4H3. The molecule has 0 aliphatic heterocycles. The predicted octanol–water partition coefficient (Wildman–Crippen LogP) is 4.08. The first-order chi connectivity index (χ1) is 7.51. The largest absolute Gasteiger partial charge is 0.316 e. The molecule has 16 heavy (non-hydrogen) atoms. The van der Waals surface area contributed by atoms with Crippen molar-refractivity contribution in [2.45, 2.75) is 70.6 Å². The van der Waals surface area contributed by atoms with Crippen molar-refractivity contribution in [3.05, 3.63) is 0 Å². The monoisotopic (exact) mass is 243 g/mol. The van der Waals surface area contributed by atoms with E-state index in [1.807, 2.05) is 0 Å². The highest BCUT2D eigenvalue weighted by Crippen LogP contribution is 2.30. The van der Waals surface area contributed by atoms with Crippen LogP contribution in [0.15, 0.2) is 0 Å². The van der Waals surface area contributed by atoms with Crippen molar-refractivity contribution in [3.8, 4) is 0 Å².